The molecule has 5 heteroatoms. The number of hydrogen-bond donors (Lipinski definition) is 1. The van der Waals surface area contributed by atoms with Crippen molar-refractivity contribution in [1.82, 2.24) is 20.3 Å². The first kappa shape index (κ1) is 10.6. The molecule has 0 bridgehead atoms. The Balaban J connectivity index is 1.94. The van der Waals surface area contributed by atoms with E-state index in [9.17, 15) is 0 Å². The van der Waals surface area contributed by atoms with E-state index in [1.54, 1.807) is 0 Å². The van der Waals surface area contributed by atoms with Gasteiger partial charge in [-0.3, -0.25) is 0 Å². The van der Waals surface area contributed by atoms with Crippen LogP contribution < -0.4 is 5.32 Å². The maximum Gasteiger partial charge on any atom is 0.0997 e. The van der Waals surface area contributed by atoms with E-state index in [0.29, 0.717) is 6.61 Å². The molecule has 0 saturated carbocycles. The van der Waals surface area contributed by atoms with Crippen molar-refractivity contribution >= 4 is 0 Å². The quantitative estimate of drug-likeness (QED) is 0.779. The summed E-state index contributed by atoms with van der Waals surface area (Å²) in [6, 6.07) is 0. The van der Waals surface area contributed by atoms with Crippen LogP contribution in [0.2, 0.25) is 0 Å². The van der Waals surface area contributed by atoms with Crippen molar-refractivity contribution in [1.29, 1.82) is 0 Å². The van der Waals surface area contributed by atoms with Crippen molar-refractivity contribution in [2.45, 2.75) is 39.5 Å². The Morgan fingerprint density at radius 3 is 3.20 bits per heavy atom. The van der Waals surface area contributed by atoms with E-state index >= 15 is 0 Å². The van der Waals surface area contributed by atoms with Crippen molar-refractivity contribution < 1.29 is 4.74 Å². The summed E-state index contributed by atoms with van der Waals surface area (Å²) in [5.41, 5.74) is 2.35. The lowest BCUT2D eigenvalue weighted by Crippen LogP contribution is -2.25. The molecule has 5 nitrogen and oxygen atoms in total. The van der Waals surface area contributed by atoms with Crippen molar-refractivity contribution in [3.05, 3.63) is 11.4 Å². The second kappa shape index (κ2) is 4.72. The Hall–Kier alpha value is -0.940. The van der Waals surface area contributed by atoms with Gasteiger partial charge in [0.15, 0.2) is 0 Å². The number of aromatic nitrogens is 3. The molecule has 0 radical (unpaired) electrons. The van der Waals surface area contributed by atoms with Crippen LogP contribution in [0, 0.1) is 0 Å². The van der Waals surface area contributed by atoms with Crippen LogP contribution in [0.1, 0.15) is 25.2 Å². The molecule has 0 aromatic carbocycles. The van der Waals surface area contributed by atoms with Crippen molar-refractivity contribution in [3.63, 3.8) is 0 Å². The average molecular weight is 210 g/mol. The van der Waals surface area contributed by atoms with E-state index in [0.717, 1.165) is 31.7 Å². The molecule has 0 fully saturated rings. The van der Waals surface area contributed by atoms with E-state index in [-0.39, 0.29) is 6.10 Å². The zero-order valence-electron chi connectivity index (χ0n) is 9.36. The van der Waals surface area contributed by atoms with Crippen molar-refractivity contribution in [2.75, 3.05) is 13.2 Å². The van der Waals surface area contributed by atoms with Gasteiger partial charge in [0.2, 0.25) is 0 Å². The average Bonchev–Trinajstić information content (AvgIpc) is 2.62. The smallest absolute Gasteiger partial charge is 0.0997 e. The number of nitrogens with zero attached hydrogens (tertiary/aromatic N) is 3. The third kappa shape index (κ3) is 2.54. The Labute approximate surface area is 89.8 Å². The normalized spacial score (nSPS) is 15.7. The van der Waals surface area contributed by atoms with E-state index in [1.807, 2.05) is 18.5 Å². The Bertz CT molecular complexity index is 321. The summed E-state index contributed by atoms with van der Waals surface area (Å²) in [5, 5.41) is 11.6. The van der Waals surface area contributed by atoms with Crippen LogP contribution >= 0.6 is 0 Å². The number of hydrogen-bond acceptors (Lipinski definition) is 4. The van der Waals surface area contributed by atoms with Crippen molar-refractivity contribution in [3.8, 4) is 0 Å². The topological polar surface area (TPSA) is 52.0 Å². The summed E-state index contributed by atoms with van der Waals surface area (Å²) in [6.07, 6.45) is 1.30. The monoisotopic (exact) mass is 210 g/mol. The zero-order chi connectivity index (χ0) is 10.7. The van der Waals surface area contributed by atoms with E-state index in [1.165, 1.54) is 5.69 Å². The van der Waals surface area contributed by atoms with Gasteiger partial charge < -0.3 is 10.1 Å². The highest BCUT2D eigenvalue weighted by Crippen LogP contribution is 2.09. The third-order valence-corrected chi connectivity index (χ3v) is 2.50. The van der Waals surface area contributed by atoms with E-state index in [4.69, 9.17) is 4.74 Å². The minimum Gasteiger partial charge on any atom is -0.377 e. The Kier molecular flexibility index (Phi) is 3.33. The minimum absolute atomic E-state index is 0.283. The van der Waals surface area contributed by atoms with Crippen LogP contribution in [0.4, 0.5) is 0 Å². The SMILES string of the molecule is CC(C)OCCn1nnc2c1CCNC2. The lowest BCUT2D eigenvalue weighted by atomic mass is 10.2. The maximum absolute atomic E-state index is 5.50. The fourth-order valence-corrected chi connectivity index (χ4v) is 1.75. The first-order valence-electron chi connectivity index (χ1n) is 5.51. The Morgan fingerprint density at radius 1 is 1.53 bits per heavy atom. The summed E-state index contributed by atoms with van der Waals surface area (Å²) in [6.45, 7) is 7.47. The van der Waals surface area contributed by atoms with Gasteiger partial charge in [0.05, 0.1) is 30.6 Å². The number of nitrogens with one attached hydrogen (secondary N) is 1. The highest BCUT2D eigenvalue weighted by atomic mass is 16.5. The second-order valence-electron chi connectivity index (χ2n) is 4.05. The van der Waals surface area contributed by atoms with Gasteiger partial charge in [-0.05, 0) is 13.8 Å². The minimum atomic E-state index is 0.283. The zero-order valence-corrected chi connectivity index (χ0v) is 9.36. The van der Waals surface area contributed by atoms with Crippen LogP contribution in [0.5, 0.6) is 0 Å². The highest BCUT2D eigenvalue weighted by Gasteiger charge is 2.15. The second-order valence-corrected chi connectivity index (χ2v) is 4.05. The van der Waals surface area contributed by atoms with Gasteiger partial charge in [-0.15, -0.1) is 5.10 Å². The van der Waals surface area contributed by atoms with Gasteiger partial charge in [-0.1, -0.05) is 5.21 Å². The van der Waals surface area contributed by atoms with Crippen molar-refractivity contribution in [2.24, 2.45) is 0 Å². The number of rotatable bonds is 4. The van der Waals surface area contributed by atoms with Crippen LogP contribution in [-0.4, -0.2) is 34.2 Å². The molecule has 84 valence electrons. The molecule has 1 N–H and O–H groups in total. The molecule has 2 heterocycles. The lowest BCUT2D eigenvalue weighted by molar-refractivity contribution is 0.0702. The largest absolute Gasteiger partial charge is 0.377 e. The molecule has 0 spiro atoms. The van der Waals surface area contributed by atoms with Crippen LogP contribution in [0.3, 0.4) is 0 Å². The van der Waals surface area contributed by atoms with Gasteiger partial charge in [0.1, 0.15) is 0 Å². The lowest BCUT2D eigenvalue weighted by Gasteiger charge is -2.14. The molecule has 0 unspecified atom stereocenters. The predicted molar refractivity (Wildman–Crippen MR) is 56.5 cm³/mol. The van der Waals surface area contributed by atoms with Gasteiger partial charge in [-0.2, -0.15) is 0 Å². The van der Waals surface area contributed by atoms with Gasteiger partial charge >= 0.3 is 0 Å². The van der Waals surface area contributed by atoms with Gasteiger partial charge in [0.25, 0.3) is 0 Å². The predicted octanol–water partition coefficient (Wildman–Crippen LogP) is 0.349. The maximum atomic E-state index is 5.50. The molecule has 15 heavy (non-hydrogen) atoms. The van der Waals surface area contributed by atoms with Crippen LogP contribution in [-0.2, 0) is 24.2 Å². The molecule has 1 aliphatic rings. The molecule has 1 aromatic rings. The number of fused-ring (bicyclic) bond motifs is 1. The van der Waals surface area contributed by atoms with Crippen LogP contribution in [0.25, 0.3) is 0 Å². The molecular formula is C10H18N4O. The Morgan fingerprint density at radius 2 is 2.40 bits per heavy atom. The highest BCUT2D eigenvalue weighted by molar-refractivity contribution is 5.13. The third-order valence-electron chi connectivity index (χ3n) is 2.50. The summed E-state index contributed by atoms with van der Waals surface area (Å²) in [4.78, 5) is 0. The first-order chi connectivity index (χ1) is 7.27. The molecule has 0 saturated heterocycles. The first-order valence-corrected chi connectivity index (χ1v) is 5.51. The molecule has 0 atom stereocenters. The summed E-state index contributed by atoms with van der Waals surface area (Å²) in [7, 11) is 0. The fourth-order valence-electron chi connectivity index (χ4n) is 1.75. The summed E-state index contributed by atoms with van der Waals surface area (Å²) < 4.78 is 7.47. The van der Waals surface area contributed by atoms with E-state index < -0.39 is 0 Å². The van der Waals surface area contributed by atoms with Crippen LogP contribution in [0.15, 0.2) is 0 Å². The van der Waals surface area contributed by atoms with Gasteiger partial charge in [-0.25, -0.2) is 4.68 Å². The summed E-state index contributed by atoms with van der Waals surface area (Å²) >= 11 is 0. The summed E-state index contributed by atoms with van der Waals surface area (Å²) in [5.74, 6) is 0. The fraction of sp³-hybridized carbons (Fsp3) is 0.800. The molecule has 0 amide bonds. The molecule has 1 aromatic heterocycles. The van der Waals surface area contributed by atoms with Gasteiger partial charge in [0, 0.05) is 19.5 Å². The molecular weight excluding hydrogens is 192 g/mol. The molecule has 0 aliphatic carbocycles. The standard InChI is InChI=1S/C10H18N4O/c1-8(2)15-6-5-14-10-3-4-11-7-9(10)12-13-14/h8,11H,3-7H2,1-2H3. The molecule has 2 rings (SSSR count). The van der Waals surface area contributed by atoms with E-state index in [2.05, 4.69) is 15.6 Å². The number of ether oxygens (including phenoxy) is 1. The molecule has 1 aliphatic heterocycles.